The molecule has 2 heterocycles. The van der Waals surface area contributed by atoms with Crippen molar-refractivity contribution in [1.82, 2.24) is 9.55 Å². The number of halogens is 1. The topological polar surface area (TPSA) is 91.4 Å². The first kappa shape index (κ1) is 24.7. The van der Waals surface area contributed by atoms with Gasteiger partial charge in [-0.25, -0.2) is 9.78 Å². The molecule has 0 spiro atoms. The SMILES string of the molecule is CCCCn1c(=O)c(CCC(=O)OCc2cc(=O)oc3cc(CC)c(Cl)cc23)nc2ccccc21. The number of hydrogen-bond donors (Lipinski definition) is 0. The standard InChI is InChI=1S/C27H27ClN2O5/c1-3-5-12-30-23-9-7-6-8-21(23)29-22(27(30)33)10-11-25(31)34-16-18-14-26(32)35-24-13-17(4-2)20(28)15-19(18)24/h6-9,13-15H,3-5,10-12,16H2,1-2H3. The lowest BCUT2D eigenvalue weighted by Gasteiger charge is -2.12. The van der Waals surface area contributed by atoms with Crippen molar-refractivity contribution >= 4 is 39.6 Å². The van der Waals surface area contributed by atoms with Crippen LogP contribution < -0.4 is 11.2 Å². The molecular weight excluding hydrogens is 468 g/mol. The van der Waals surface area contributed by atoms with Crippen LogP contribution in [-0.2, 0) is 35.5 Å². The van der Waals surface area contributed by atoms with Crippen molar-refractivity contribution in [3.63, 3.8) is 0 Å². The molecule has 0 aliphatic rings. The second kappa shape index (κ2) is 10.9. The molecule has 0 aliphatic carbocycles. The molecule has 8 heteroatoms. The fourth-order valence-electron chi connectivity index (χ4n) is 4.08. The van der Waals surface area contributed by atoms with Gasteiger partial charge >= 0.3 is 11.6 Å². The smallest absolute Gasteiger partial charge is 0.336 e. The molecule has 0 bridgehead atoms. The number of rotatable bonds is 9. The first-order valence-electron chi connectivity index (χ1n) is 11.8. The fourth-order valence-corrected chi connectivity index (χ4v) is 4.37. The Labute approximate surface area is 207 Å². The van der Waals surface area contributed by atoms with Gasteiger partial charge in [0.15, 0.2) is 0 Å². The third-order valence-electron chi connectivity index (χ3n) is 5.99. The number of para-hydroxylation sites is 2. The molecule has 0 radical (unpaired) electrons. The zero-order chi connectivity index (χ0) is 24.9. The molecular formula is C27H27ClN2O5. The predicted molar refractivity (Wildman–Crippen MR) is 136 cm³/mol. The van der Waals surface area contributed by atoms with Crippen LogP contribution in [0.4, 0.5) is 0 Å². The fraction of sp³-hybridized carbons (Fsp3) is 0.333. The third kappa shape index (κ3) is 5.46. The molecule has 0 saturated carbocycles. The van der Waals surface area contributed by atoms with E-state index in [0.717, 1.165) is 29.4 Å². The molecule has 0 amide bonds. The number of carbonyl (C=O) groups is 1. The van der Waals surface area contributed by atoms with Crippen molar-refractivity contribution in [1.29, 1.82) is 0 Å². The summed E-state index contributed by atoms with van der Waals surface area (Å²) in [7, 11) is 0. The van der Waals surface area contributed by atoms with Gasteiger partial charge in [-0.3, -0.25) is 9.59 Å². The largest absolute Gasteiger partial charge is 0.461 e. The Hall–Kier alpha value is -3.45. The monoisotopic (exact) mass is 494 g/mol. The van der Waals surface area contributed by atoms with Crippen LogP contribution in [0.25, 0.3) is 22.0 Å². The Kier molecular flexibility index (Phi) is 7.66. The van der Waals surface area contributed by atoms with E-state index < -0.39 is 11.6 Å². The Morgan fingerprint density at radius 2 is 1.91 bits per heavy atom. The van der Waals surface area contributed by atoms with E-state index in [4.69, 9.17) is 20.8 Å². The van der Waals surface area contributed by atoms with Crippen LogP contribution in [0, 0.1) is 0 Å². The van der Waals surface area contributed by atoms with Gasteiger partial charge in [0.1, 0.15) is 17.9 Å². The molecule has 2 aromatic carbocycles. The van der Waals surface area contributed by atoms with Crippen LogP contribution in [0.2, 0.25) is 5.02 Å². The minimum Gasteiger partial charge on any atom is -0.461 e. The van der Waals surface area contributed by atoms with Gasteiger partial charge in [-0.15, -0.1) is 0 Å². The summed E-state index contributed by atoms with van der Waals surface area (Å²) in [6.07, 6.45) is 2.69. The van der Waals surface area contributed by atoms with Gasteiger partial charge in [0.25, 0.3) is 5.56 Å². The lowest BCUT2D eigenvalue weighted by atomic mass is 10.1. The van der Waals surface area contributed by atoms with Crippen LogP contribution >= 0.6 is 11.6 Å². The highest BCUT2D eigenvalue weighted by atomic mass is 35.5. The van der Waals surface area contributed by atoms with E-state index in [2.05, 4.69) is 11.9 Å². The highest BCUT2D eigenvalue weighted by Crippen LogP contribution is 2.26. The van der Waals surface area contributed by atoms with Gasteiger partial charge in [-0.2, -0.15) is 0 Å². The highest BCUT2D eigenvalue weighted by Gasteiger charge is 2.15. The molecule has 7 nitrogen and oxygen atoms in total. The zero-order valence-electron chi connectivity index (χ0n) is 19.8. The number of fused-ring (bicyclic) bond motifs is 2. The number of benzene rings is 2. The van der Waals surface area contributed by atoms with E-state index in [1.165, 1.54) is 6.07 Å². The Bertz CT molecular complexity index is 1510. The van der Waals surface area contributed by atoms with Crippen molar-refractivity contribution in [2.45, 2.75) is 59.1 Å². The Balaban J connectivity index is 1.50. The molecule has 4 aromatic rings. The summed E-state index contributed by atoms with van der Waals surface area (Å²) in [5, 5.41) is 1.18. The Morgan fingerprint density at radius 3 is 2.69 bits per heavy atom. The number of nitrogens with zero attached hydrogens (tertiary/aromatic N) is 2. The molecule has 0 atom stereocenters. The van der Waals surface area contributed by atoms with Gasteiger partial charge in [-0.05, 0) is 42.7 Å². The lowest BCUT2D eigenvalue weighted by Crippen LogP contribution is -2.26. The number of aryl methyl sites for hydroxylation is 3. The maximum absolute atomic E-state index is 13.0. The van der Waals surface area contributed by atoms with Crippen molar-refractivity contribution in [2.75, 3.05) is 0 Å². The molecule has 4 rings (SSSR count). The van der Waals surface area contributed by atoms with Crippen molar-refractivity contribution in [2.24, 2.45) is 0 Å². The second-order valence-electron chi connectivity index (χ2n) is 8.40. The average molecular weight is 495 g/mol. The summed E-state index contributed by atoms with van der Waals surface area (Å²) in [4.78, 5) is 42.1. The molecule has 0 aliphatic heterocycles. The van der Waals surface area contributed by atoms with Crippen molar-refractivity contribution in [3.8, 4) is 0 Å². The van der Waals surface area contributed by atoms with Gasteiger partial charge in [-0.1, -0.05) is 44.0 Å². The third-order valence-corrected chi connectivity index (χ3v) is 6.34. The normalized spacial score (nSPS) is 11.3. The van der Waals surface area contributed by atoms with E-state index >= 15 is 0 Å². The molecule has 0 saturated heterocycles. The molecule has 2 aromatic heterocycles. The van der Waals surface area contributed by atoms with Crippen molar-refractivity contribution in [3.05, 3.63) is 85.1 Å². The van der Waals surface area contributed by atoms with E-state index in [1.54, 1.807) is 16.7 Å². The molecule has 35 heavy (non-hydrogen) atoms. The maximum Gasteiger partial charge on any atom is 0.336 e. The van der Waals surface area contributed by atoms with E-state index in [9.17, 15) is 14.4 Å². The summed E-state index contributed by atoms with van der Waals surface area (Å²) < 4.78 is 12.5. The number of ether oxygens (including phenoxy) is 1. The first-order valence-corrected chi connectivity index (χ1v) is 12.2. The highest BCUT2D eigenvalue weighted by molar-refractivity contribution is 6.32. The van der Waals surface area contributed by atoms with Crippen molar-refractivity contribution < 1.29 is 13.9 Å². The number of carbonyl (C=O) groups excluding carboxylic acids is 1. The minimum absolute atomic E-state index is 0.00549. The summed E-state index contributed by atoms with van der Waals surface area (Å²) in [6.45, 7) is 4.53. The summed E-state index contributed by atoms with van der Waals surface area (Å²) in [5.74, 6) is -0.489. The first-order chi connectivity index (χ1) is 16.9. The van der Waals surface area contributed by atoms with E-state index in [0.29, 0.717) is 40.2 Å². The van der Waals surface area contributed by atoms with Crippen LogP contribution in [0.5, 0.6) is 0 Å². The second-order valence-corrected chi connectivity index (χ2v) is 8.81. The number of esters is 1. The molecule has 0 N–H and O–H groups in total. The van der Waals surface area contributed by atoms with E-state index in [-0.39, 0.29) is 25.0 Å². The van der Waals surface area contributed by atoms with Crippen LogP contribution in [0.1, 0.15) is 49.9 Å². The maximum atomic E-state index is 13.0. The lowest BCUT2D eigenvalue weighted by molar-refractivity contribution is -0.144. The molecule has 182 valence electrons. The van der Waals surface area contributed by atoms with Gasteiger partial charge in [0.2, 0.25) is 0 Å². The average Bonchev–Trinajstić information content (AvgIpc) is 2.85. The van der Waals surface area contributed by atoms with Gasteiger partial charge in [0.05, 0.1) is 17.5 Å². The minimum atomic E-state index is -0.527. The number of unbranched alkanes of at least 4 members (excludes halogenated alkanes) is 1. The van der Waals surface area contributed by atoms with Gasteiger partial charge in [0, 0.05) is 35.0 Å². The van der Waals surface area contributed by atoms with Gasteiger partial charge < -0.3 is 13.7 Å². The molecule has 0 unspecified atom stereocenters. The predicted octanol–water partition coefficient (Wildman–Crippen LogP) is 5.19. The van der Waals surface area contributed by atoms with Crippen LogP contribution in [-0.4, -0.2) is 15.5 Å². The molecule has 0 fully saturated rings. The number of aromatic nitrogens is 2. The summed E-state index contributed by atoms with van der Waals surface area (Å²) in [5.41, 5.74) is 2.91. The Morgan fingerprint density at radius 1 is 1.11 bits per heavy atom. The summed E-state index contributed by atoms with van der Waals surface area (Å²) in [6, 6.07) is 12.3. The number of hydrogen-bond acceptors (Lipinski definition) is 6. The van der Waals surface area contributed by atoms with E-state index in [1.807, 2.05) is 31.2 Å². The zero-order valence-corrected chi connectivity index (χ0v) is 20.6. The van der Waals surface area contributed by atoms with Crippen LogP contribution in [0.3, 0.4) is 0 Å². The van der Waals surface area contributed by atoms with Crippen LogP contribution in [0.15, 0.2) is 56.5 Å². The summed E-state index contributed by atoms with van der Waals surface area (Å²) >= 11 is 6.33. The quantitative estimate of drug-likeness (QED) is 0.235.